The zero-order chi connectivity index (χ0) is 11.4. The Morgan fingerprint density at radius 1 is 1.19 bits per heavy atom. The van der Waals surface area contributed by atoms with Crippen molar-refractivity contribution in [2.24, 2.45) is 0 Å². The second-order valence-corrected chi connectivity index (χ2v) is 3.77. The molecule has 0 unspecified atom stereocenters. The first kappa shape index (κ1) is 10.7. The van der Waals surface area contributed by atoms with E-state index in [0.29, 0.717) is 5.89 Å². The standard InChI is InChI=1S/C14H15NO/c1-3-13-10-16-14(15-13)9-8-12-6-4-11(2)5-7-12/h4-10H,3H2,1-2H3/b9-8+. The van der Waals surface area contributed by atoms with Gasteiger partial charge in [0.05, 0.1) is 5.69 Å². The molecule has 0 aliphatic rings. The van der Waals surface area contributed by atoms with Crippen LogP contribution in [0.25, 0.3) is 12.2 Å². The van der Waals surface area contributed by atoms with E-state index in [1.54, 1.807) is 6.26 Å². The van der Waals surface area contributed by atoms with E-state index >= 15 is 0 Å². The van der Waals surface area contributed by atoms with Crippen LogP contribution in [0.4, 0.5) is 0 Å². The van der Waals surface area contributed by atoms with Gasteiger partial charge in [-0.3, -0.25) is 0 Å². The first-order valence-corrected chi connectivity index (χ1v) is 5.47. The first-order chi connectivity index (χ1) is 7.78. The highest BCUT2D eigenvalue weighted by molar-refractivity contribution is 5.66. The van der Waals surface area contributed by atoms with Crippen molar-refractivity contribution >= 4 is 12.2 Å². The monoisotopic (exact) mass is 213 g/mol. The van der Waals surface area contributed by atoms with Gasteiger partial charge >= 0.3 is 0 Å². The summed E-state index contributed by atoms with van der Waals surface area (Å²) in [4.78, 5) is 4.31. The van der Waals surface area contributed by atoms with Gasteiger partial charge in [-0.25, -0.2) is 4.98 Å². The molecule has 0 radical (unpaired) electrons. The molecule has 0 saturated carbocycles. The largest absolute Gasteiger partial charge is 0.445 e. The maximum absolute atomic E-state index is 5.30. The summed E-state index contributed by atoms with van der Waals surface area (Å²) in [5.74, 6) is 0.664. The van der Waals surface area contributed by atoms with Crippen LogP contribution in [0.15, 0.2) is 34.9 Å². The predicted molar refractivity (Wildman–Crippen MR) is 66.0 cm³/mol. The second kappa shape index (κ2) is 4.79. The van der Waals surface area contributed by atoms with Crippen molar-refractivity contribution in [3.05, 3.63) is 53.2 Å². The van der Waals surface area contributed by atoms with Crippen LogP contribution < -0.4 is 0 Å². The Hall–Kier alpha value is -1.83. The van der Waals surface area contributed by atoms with E-state index in [4.69, 9.17) is 4.42 Å². The van der Waals surface area contributed by atoms with Gasteiger partial charge in [0.1, 0.15) is 6.26 Å². The van der Waals surface area contributed by atoms with E-state index in [-0.39, 0.29) is 0 Å². The smallest absolute Gasteiger partial charge is 0.218 e. The minimum absolute atomic E-state index is 0.664. The molecule has 1 aromatic carbocycles. The van der Waals surface area contributed by atoms with Gasteiger partial charge < -0.3 is 4.42 Å². The number of aryl methyl sites for hydroxylation is 2. The zero-order valence-electron chi connectivity index (χ0n) is 9.60. The maximum atomic E-state index is 5.30. The van der Waals surface area contributed by atoms with Crippen LogP contribution in [-0.2, 0) is 6.42 Å². The molecule has 0 bridgehead atoms. The Labute approximate surface area is 95.6 Å². The fourth-order valence-electron chi connectivity index (χ4n) is 1.41. The lowest BCUT2D eigenvalue weighted by Gasteiger charge is -1.93. The lowest BCUT2D eigenvalue weighted by molar-refractivity contribution is 0.545. The van der Waals surface area contributed by atoms with Gasteiger partial charge in [0, 0.05) is 6.08 Å². The number of rotatable bonds is 3. The van der Waals surface area contributed by atoms with Crippen molar-refractivity contribution in [3.63, 3.8) is 0 Å². The van der Waals surface area contributed by atoms with Gasteiger partial charge in [-0.05, 0) is 25.0 Å². The van der Waals surface area contributed by atoms with Crippen molar-refractivity contribution in [2.75, 3.05) is 0 Å². The highest BCUT2D eigenvalue weighted by Gasteiger charge is 1.97. The van der Waals surface area contributed by atoms with Crippen LogP contribution in [0.1, 0.15) is 29.6 Å². The summed E-state index contributed by atoms with van der Waals surface area (Å²) in [7, 11) is 0. The van der Waals surface area contributed by atoms with E-state index in [1.807, 2.05) is 12.2 Å². The van der Waals surface area contributed by atoms with Gasteiger partial charge in [-0.1, -0.05) is 36.8 Å². The van der Waals surface area contributed by atoms with Crippen molar-refractivity contribution < 1.29 is 4.42 Å². The SMILES string of the molecule is CCc1coc(/C=C/c2ccc(C)cc2)n1. The van der Waals surface area contributed by atoms with E-state index in [9.17, 15) is 0 Å². The van der Waals surface area contributed by atoms with E-state index in [1.165, 1.54) is 5.56 Å². The number of hydrogen-bond acceptors (Lipinski definition) is 2. The Morgan fingerprint density at radius 3 is 2.56 bits per heavy atom. The molecule has 2 aromatic rings. The lowest BCUT2D eigenvalue weighted by atomic mass is 10.1. The van der Waals surface area contributed by atoms with Crippen LogP contribution in [0.5, 0.6) is 0 Å². The van der Waals surface area contributed by atoms with Crippen molar-refractivity contribution in [2.45, 2.75) is 20.3 Å². The molecule has 0 atom stereocenters. The van der Waals surface area contributed by atoms with Gasteiger partial charge in [0.15, 0.2) is 0 Å². The van der Waals surface area contributed by atoms with E-state index in [2.05, 4.69) is 43.1 Å². The number of hydrogen-bond donors (Lipinski definition) is 0. The number of benzene rings is 1. The van der Waals surface area contributed by atoms with E-state index < -0.39 is 0 Å². The normalized spacial score (nSPS) is 11.1. The topological polar surface area (TPSA) is 26.0 Å². The van der Waals surface area contributed by atoms with Crippen LogP contribution in [0, 0.1) is 6.92 Å². The summed E-state index contributed by atoms with van der Waals surface area (Å²) in [5.41, 5.74) is 3.41. The summed E-state index contributed by atoms with van der Waals surface area (Å²) in [6, 6.07) is 8.34. The van der Waals surface area contributed by atoms with Gasteiger partial charge in [-0.2, -0.15) is 0 Å². The van der Waals surface area contributed by atoms with Crippen LogP contribution in [-0.4, -0.2) is 4.98 Å². The maximum Gasteiger partial charge on any atom is 0.218 e. The molecule has 0 amide bonds. The minimum atomic E-state index is 0.664. The lowest BCUT2D eigenvalue weighted by Crippen LogP contribution is -1.78. The average molecular weight is 213 g/mol. The molecule has 2 rings (SSSR count). The molecule has 1 aromatic heterocycles. The molecule has 16 heavy (non-hydrogen) atoms. The minimum Gasteiger partial charge on any atom is -0.445 e. The average Bonchev–Trinajstić information content (AvgIpc) is 2.76. The molecule has 0 saturated heterocycles. The number of nitrogens with zero attached hydrogens (tertiary/aromatic N) is 1. The molecule has 0 aliphatic carbocycles. The van der Waals surface area contributed by atoms with Gasteiger partial charge in [0.2, 0.25) is 5.89 Å². The molecule has 0 spiro atoms. The summed E-state index contributed by atoms with van der Waals surface area (Å²) in [6.07, 6.45) is 6.51. The fourth-order valence-corrected chi connectivity index (χ4v) is 1.41. The molecule has 0 N–H and O–H groups in total. The molecule has 2 nitrogen and oxygen atoms in total. The first-order valence-electron chi connectivity index (χ1n) is 5.47. The highest BCUT2D eigenvalue weighted by Crippen LogP contribution is 2.09. The molecule has 0 fully saturated rings. The Balaban J connectivity index is 2.11. The van der Waals surface area contributed by atoms with Crippen LogP contribution in [0.2, 0.25) is 0 Å². The third kappa shape index (κ3) is 2.60. The second-order valence-electron chi connectivity index (χ2n) is 3.77. The molecule has 0 aliphatic heterocycles. The summed E-state index contributed by atoms with van der Waals surface area (Å²) < 4.78 is 5.30. The number of aromatic nitrogens is 1. The van der Waals surface area contributed by atoms with E-state index in [0.717, 1.165) is 17.7 Å². The highest BCUT2D eigenvalue weighted by atomic mass is 16.3. The molecule has 1 heterocycles. The summed E-state index contributed by atoms with van der Waals surface area (Å²) in [5, 5.41) is 0. The molecule has 82 valence electrons. The number of oxazole rings is 1. The Kier molecular flexibility index (Phi) is 3.20. The molecular formula is C14H15NO. The predicted octanol–water partition coefficient (Wildman–Crippen LogP) is 3.72. The summed E-state index contributed by atoms with van der Waals surface area (Å²) >= 11 is 0. The van der Waals surface area contributed by atoms with Crippen molar-refractivity contribution in [1.29, 1.82) is 0 Å². The van der Waals surface area contributed by atoms with Crippen molar-refractivity contribution in [3.8, 4) is 0 Å². The molecule has 2 heteroatoms. The zero-order valence-corrected chi connectivity index (χ0v) is 9.60. The van der Waals surface area contributed by atoms with Crippen LogP contribution in [0.3, 0.4) is 0 Å². The van der Waals surface area contributed by atoms with Crippen LogP contribution >= 0.6 is 0 Å². The van der Waals surface area contributed by atoms with Crippen molar-refractivity contribution in [1.82, 2.24) is 4.98 Å². The van der Waals surface area contributed by atoms with Gasteiger partial charge in [0.25, 0.3) is 0 Å². The summed E-state index contributed by atoms with van der Waals surface area (Å²) in [6.45, 7) is 4.14. The Bertz CT molecular complexity index is 480. The van der Waals surface area contributed by atoms with Gasteiger partial charge in [-0.15, -0.1) is 0 Å². The third-order valence-corrected chi connectivity index (χ3v) is 2.43. The Morgan fingerprint density at radius 2 is 1.94 bits per heavy atom. The third-order valence-electron chi connectivity index (χ3n) is 2.43. The molecular weight excluding hydrogens is 198 g/mol. The quantitative estimate of drug-likeness (QED) is 0.776. The fraction of sp³-hybridized carbons (Fsp3) is 0.214.